The Labute approximate surface area is 77.5 Å². The summed E-state index contributed by atoms with van der Waals surface area (Å²) in [6.45, 7) is 3.77. The Balaban J connectivity index is 2.23. The van der Waals surface area contributed by atoms with Crippen molar-refractivity contribution in [1.29, 1.82) is 0 Å². The van der Waals surface area contributed by atoms with Gasteiger partial charge in [-0.25, -0.2) is 0 Å². The Morgan fingerprint density at radius 1 is 1.67 bits per heavy atom. The minimum absolute atomic E-state index is 0.221. The van der Waals surface area contributed by atoms with Gasteiger partial charge >= 0.3 is 0 Å². The smallest absolute Gasteiger partial charge is 0.0920 e. The maximum Gasteiger partial charge on any atom is 0.0920 e. The number of hydrogen-bond acceptors (Lipinski definition) is 3. The van der Waals surface area contributed by atoms with Gasteiger partial charge in [-0.15, -0.1) is 11.8 Å². The molecule has 2 aliphatic heterocycles. The van der Waals surface area contributed by atoms with Gasteiger partial charge in [-0.3, -0.25) is 0 Å². The molecule has 0 bridgehead atoms. The molecule has 0 aromatic heterocycles. The van der Waals surface area contributed by atoms with Crippen LogP contribution >= 0.6 is 11.8 Å². The van der Waals surface area contributed by atoms with E-state index >= 15 is 0 Å². The molecule has 2 N–H and O–H groups in total. The average molecular weight is 185 g/mol. The molecule has 0 fully saturated rings. The first-order chi connectivity index (χ1) is 5.83. The van der Waals surface area contributed by atoms with Crippen molar-refractivity contribution in [2.45, 2.75) is 19.4 Å². The monoisotopic (exact) mass is 185 g/mol. The highest BCUT2D eigenvalue weighted by Crippen LogP contribution is 2.42. The van der Waals surface area contributed by atoms with Crippen LogP contribution in [-0.2, 0) is 4.74 Å². The quantitative estimate of drug-likeness (QED) is 0.670. The molecule has 68 valence electrons. The number of nitrogens with two attached hydrogens (primary N) is 1. The van der Waals surface area contributed by atoms with Crippen molar-refractivity contribution >= 4 is 11.8 Å². The van der Waals surface area contributed by atoms with Crippen LogP contribution in [0.5, 0.6) is 0 Å². The predicted molar refractivity (Wildman–Crippen MR) is 52.1 cm³/mol. The first-order valence-corrected chi connectivity index (χ1v) is 5.49. The standard InChI is InChI=1S/C9H15NOS/c1-6-5-12-8-2-3-11-7(4-10)9(6)8/h6-7H,2-5,10H2,1H3/t6?,7-/m1/s1. The maximum atomic E-state index is 5.65. The van der Waals surface area contributed by atoms with Crippen molar-refractivity contribution in [3.8, 4) is 0 Å². The van der Waals surface area contributed by atoms with Gasteiger partial charge < -0.3 is 10.5 Å². The second-order valence-corrected chi connectivity index (χ2v) is 4.55. The van der Waals surface area contributed by atoms with Crippen LogP contribution in [0.2, 0.25) is 0 Å². The summed E-state index contributed by atoms with van der Waals surface area (Å²) >= 11 is 2.00. The molecular weight excluding hydrogens is 170 g/mol. The first kappa shape index (κ1) is 8.60. The van der Waals surface area contributed by atoms with Gasteiger partial charge in [-0.1, -0.05) is 6.92 Å². The van der Waals surface area contributed by atoms with E-state index in [0.717, 1.165) is 13.0 Å². The van der Waals surface area contributed by atoms with Crippen LogP contribution in [-0.4, -0.2) is 25.0 Å². The minimum Gasteiger partial charge on any atom is -0.372 e. The van der Waals surface area contributed by atoms with Crippen LogP contribution < -0.4 is 5.73 Å². The molecule has 2 nitrogen and oxygen atoms in total. The van der Waals surface area contributed by atoms with E-state index in [1.54, 1.807) is 4.91 Å². The van der Waals surface area contributed by atoms with Gasteiger partial charge in [-0.05, 0) is 16.4 Å². The Kier molecular flexibility index (Phi) is 2.44. The molecule has 0 aromatic carbocycles. The molecule has 3 heteroatoms. The molecule has 1 unspecified atom stereocenters. The molecule has 2 atom stereocenters. The Hall–Kier alpha value is 0.01000. The second-order valence-electron chi connectivity index (χ2n) is 3.44. The third-order valence-corrected chi connectivity index (χ3v) is 4.02. The highest BCUT2D eigenvalue weighted by Gasteiger charge is 2.31. The van der Waals surface area contributed by atoms with E-state index in [9.17, 15) is 0 Å². The largest absolute Gasteiger partial charge is 0.372 e. The van der Waals surface area contributed by atoms with Crippen LogP contribution in [0.4, 0.5) is 0 Å². The summed E-state index contributed by atoms with van der Waals surface area (Å²) in [6, 6.07) is 0. The molecular formula is C9H15NOS. The summed E-state index contributed by atoms with van der Waals surface area (Å²) in [5.74, 6) is 1.91. The SMILES string of the molecule is CC1CSC2=C1[C@@H](CN)OCC2. The molecule has 0 saturated heterocycles. The van der Waals surface area contributed by atoms with Crippen LogP contribution in [0.3, 0.4) is 0 Å². The first-order valence-electron chi connectivity index (χ1n) is 4.50. The van der Waals surface area contributed by atoms with E-state index in [2.05, 4.69) is 6.92 Å². The van der Waals surface area contributed by atoms with Crippen molar-refractivity contribution in [2.75, 3.05) is 18.9 Å². The lowest BCUT2D eigenvalue weighted by molar-refractivity contribution is 0.0703. The summed E-state index contributed by atoms with van der Waals surface area (Å²) in [5.41, 5.74) is 7.15. The third-order valence-electron chi connectivity index (χ3n) is 2.57. The Morgan fingerprint density at radius 3 is 3.25 bits per heavy atom. The Bertz CT molecular complexity index is 215. The normalized spacial score (nSPS) is 35.5. The summed E-state index contributed by atoms with van der Waals surface area (Å²) in [6.07, 6.45) is 1.33. The molecule has 0 aromatic rings. The fourth-order valence-electron chi connectivity index (χ4n) is 1.97. The molecule has 2 rings (SSSR count). The lowest BCUT2D eigenvalue weighted by atomic mass is 9.95. The molecule has 0 aliphatic carbocycles. The van der Waals surface area contributed by atoms with Gasteiger partial charge in [0, 0.05) is 18.7 Å². The highest BCUT2D eigenvalue weighted by molar-refractivity contribution is 8.03. The predicted octanol–water partition coefficient (Wildman–Crippen LogP) is 1.37. The molecule has 2 heterocycles. The van der Waals surface area contributed by atoms with Crippen molar-refractivity contribution in [3.05, 3.63) is 10.5 Å². The summed E-state index contributed by atoms with van der Waals surface area (Å²) in [4.78, 5) is 1.56. The van der Waals surface area contributed by atoms with Crippen LogP contribution in [0.15, 0.2) is 10.5 Å². The van der Waals surface area contributed by atoms with Gasteiger partial charge in [0.15, 0.2) is 0 Å². The van der Waals surface area contributed by atoms with E-state index in [0.29, 0.717) is 12.5 Å². The number of thioether (sulfide) groups is 1. The molecule has 12 heavy (non-hydrogen) atoms. The fraction of sp³-hybridized carbons (Fsp3) is 0.778. The summed E-state index contributed by atoms with van der Waals surface area (Å²) in [5, 5.41) is 0. The zero-order valence-electron chi connectivity index (χ0n) is 7.38. The van der Waals surface area contributed by atoms with Gasteiger partial charge in [0.25, 0.3) is 0 Å². The van der Waals surface area contributed by atoms with Crippen molar-refractivity contribution in [3.63, 3.8) is 0 Å². The average Bonchev–Trinajstić information content (AvgIpc) is 2.48. The molecule has 0 amide bonds. The lowest BCUT2D eigenvalue weighted by Crippen LogP contribution is -2.31. The minimum atomic E-state index is 0.221. The lowest BCUT2D eigenvalue weighted by Gasteiger charge is -2.25. The van der Waals surface area contributed by atoms with Crippen LogP contribution in [0, 0.1) is 5.92 Å². The topological polar surface area (TPSA) is 35.2 Å². The maximum absolute atomic E-state index is 5.65. The van der Waals surface area contributed by atoms with Gasteiger partial charge in [-0.2, -0.15) is 0 Å². The van der Waals surface area contributed by atoms with E-state index in [-0.39, 0.29) is 6.10 Å². The Morgan fingerprint density at radius 2 is 2.50 bits per heavy atom. The van der Waals surface area contributed by atoms with E-state index < -0.39 is 0 Å². The van der Waals surface area contributed by atoms with Crippen molar-refractivity contribution in [2.24, 2.45) is 11.7 Å². The third kappa shape index (κ3) is 1.30. The second kappa shape index (κ2) is 3.40. The number of ether oxygens (including phenoxy) is 1. The highest BCUT2D eigenvalue weighted by atomic mass is 32.2. The van der Waals surface area contributed by atoms with Crippen molar-refractivity contribution in [1.82, 2.24) is 0 Å². The van der Waals surface area contributed by atoms with E-state index in [1.807, 2.05) is 11.8 Å². The van der Waals surface area contributed by atoms with E-state index in [4.69, 9.17) is 10.5 Å². The molecule has 0 saturated carbocycles. The van der Waals surface area contributed by atoms with Crippen LogP contribution in [0.25, 0.3) is 0 Å². The molecule has 0 spiro atoms. The van der Waals surface area contributed by atoms with Crippen LogP contribution in [0.1, 0.15) is 13.3 Å². The van der Waals surface area contributed by atoms with Gasteiger partial charge in [0.2, 0.25) is 0 Å². The van der Waals surface area contributed by atoms with E-state index in [1.165, 1.54) is 11.3 Å². The van der Waals surface area contributed by atoms with Gasteiger partial charge in [0.1, 0.15) is 0 Å². The van der Waals surface area contributed by atoms with Gasteiger partial charge in [0.05, 0.1) is 12.7 Å². The summed E-state index contributed by atoms with van der Waals surface area (Å²) in [7, 11) is 0. The summed E-state index contributed by atoms with van der Waals surface area (Å²) < 4.78 is 5.62. The zero-order chi connectivity index (χ0) is 8.55. The number of hydrogen-bond donors (Lipinski definition) is 1. The zero-order valence-corrected chi connectivity index (χ0v) is 8.19. The number of rotatable bonds is 1. The fourth-order valence-corrected chi connectivity index (χ4v) is 3.32. The van der Waals surface area contributed by atoms with Crippen molar-refractivity contribution < 1.29 is 4.74 Å². The molecule has 2 aliphatic rings. The molecule has 0 radical (unpaired) electrons.